The van der Waals surface area contributed by atoms with E-state index in [1.54, 1.807) is 4.90 Å². The van der Waals surface area contributed by atoms with Gasteiger partial charge in [-0.25, -0.2) is 8.42 Å². The van der Waals surface area contributed by atoms with Gasteiger partial charge in [-0.15, -0.1) is 12.4 Å². The van der Waals surface area contributed by atoms with Gasteiger partial charge >= 0.3 is 0 Å². The third kappa shape index (κ3) is 4.22. The summed E-state index contributed by atoms with van der Waals surface area (Å²) in [5.41, 5.74) is 5.22. The summed E-state index contributed by atoms with van der Waals surface area (Å²) in [6, 6.07) is 3.21. The van der Waals surface area contributed by atoms with E-state index in [9.17, 15) is 23.3 Å². The minimum absolute atomic E-state index is 0. The van der Waals surface area contributed by atoms with Crippen LogP contribution in [0.1, 0.15) is 23.7 Å². The summed E-state index contributed by atoms with van der Waals surface area (Å²) < 4.78 is 23.4. The van der Waals surface area contributed by atoms with Crippen molar-refractivity contribution in [2.24, 2.45) is 11.7 Å². The minimum atomic E-state index is -3.66. The summed E-state index contributed by atoms with van der Waals surface area (Å²) in [5.74, 6) is -0.232. The van der Waals surface area contributed by atoms with E-state index >= 15 is 0 Å². The zero-order valence-corrected chi connectivity index (χ0v) is 15.0. The molecule has 1 heterocycles. The molecule has 2 rings (SSSR count). The number of likely N-dealkylation sites (tertiary alicyclic amines) is 1. The number of nitrogens with zero attached hydrogens (tertiary/aromatic N) is 2. The molecule has 2 atom stereocenters. The second-order valence-electron chi connectivity index (χ2n) is 5.89. The van der Waals surface area contributed by atoms with E-state index in [2.05, 4.69) is 0 Å². The predicted molar refractivity (Wildman–Crippen MR) is 91.1 cm³/mol. The molecule has 0 saturated carbocycles. The lowest BCUT2D eigenvalue weighted by atomic mass is 10.1. The largest absolute Gasteiger partial charge is 0.336 e. The van der Waals surface area contributed by atoms with Crippen LogP contribution in [0.15, 0.2) is 23.1 Å². The molecular weight excluding hydrogens is 358 g/mol. The predicted octanol–water partition coefficient (Wildman–Crippen LogP) is 1.23. The standard InChI is InChI=1S/C14H19N3O5S.ClH/c1-9-3-10(7-15)8-16(9)14(18)11-4-12(17(19)20)6-13(5-11)23(2,21)22;/h4-6,9-10H,3,7-8,15H2,1-2H3;1H. The van der Waals surface area contributed by atoms with Crippen LogP contribution in [0.2, 0.25) is 0 Å². The number of halogens is 1. The van der Waals surface area contributed by atoms with Crippen LogP contribution in [-0.4, -0.2) is 49.5 Å². The number of carbonyl (C=O) groups is 1. The lowest BCUT2D eigenvalue weighted by Gasteiger charge is -2.21. The molecule has 1 amide bonds. The lowest BCUT2D eigenvalue weighted by Crippen LogP contribution is -2.34. The molecule has 24 heavy (non-hydrogen) atoms. The smallest absolute Gasteiger partial charge is 0.271 e. The average Bonchev–Trinajstić information content (AvgIpc) is 2.86. The van der Waals surface area contributed by atoms with Crippen molar-refractivity contribution < 1.29 is 18.1 Å². The maximum Gasteiger partial charge on any atom is 0.271 e. The van der Waals surface area contributed by atoms with Crippen molar-refractivity contribution in [2.45, 2.75) is 24.3 Å². The summed E-state index contributed by atoms with van der Waals surface area (Å²) in [6.45, 7) is 2.80. The highest BCUT2D eigenvalue weighted by molar-refractivity contribution is 7.90. The van der Waals surface area contributed by atoms with E-state index in [0.29, 0.717) is 13.1 Å². The van der Waals surface area contributed by atoms with Crippen molar-refractivity contribution in [3.63, 3.8) is 0 Å². The zero-order chi connectivity index (χ0) is 17.4. The van der Waals surface area contributed by atoms with E-state index in [1.807, 2.05) is 6.92 Å². The highest BCUT2D eigenvalue weighted by atomic mass is 35.5. The molecule has 0 spiro atoms. The molecule has 1 saturated heterocycles. The van der Waals surface area contributed by atoms with Crippen molar-refractivity contribution >= 4 is 33.8 Å². The van der Waals surface area contributed by atoms with Crippen molar-refractivity contribution in [1.29, 1.82) is 0 Å². The number of sulfone groups is 1. The Morgan fingerprint density at radius 2 is 2.04 bits per heavy atom. The number of carbonyl (C=O) groups excluding carboxylic acids is 1. The molecule has 1 aromatic rings. The Morgan fingerprint density at radius 1 is 1.42 bits per heavy atom. The third-order valence-electron chi connectivity index (χ3n) is 4.03. The summed E-state index contributed by atoms with van der Waals surface area (Å²) in [7, 11) is -3.66. The van der Waals surface area contributed by atoms with Gasteiger partial charge < -0.3 is 10.6 Å². The zero-order valence-electron chi connectivity index (χ0n) is 13.3. The molecular formula is C14H20ClN3O5S. The number of nitro benzene ring substituents is 1. The van der Waals surface area contributed by atoms with Crippen LogP contribution in [0, 0.1) is 16.0 Å². The average molecular weight is 378 g/mol. The Hall–Kier alpha value is -1.71. The highest BCUT2D eigenvalue weighted by Crippen LogP contribution is 2.27. The Labute approximate surface area is 146 Å². The van der Waals surface area contributed by atoms with Crippen LogP contribution < -0.4 is 5.73 Å². The van der Waals surface area contributed by atoms with Gasteiger partial charge in [0, 0.05) is 36.5 Å². The second kappa shape index (κ2) is 7.45. The van der Waals surface area contributed by atoms with Crippen LogP contribution >= 0.6 is 12.4 Å². The summed E-state index contributed by atoms with van der Waals surface area (Å²) >= 11 is 0. The number of amides is 1. The Morgan fingerprint density at radius 3 is 2.50 bits per heavy atom. The quantitative estimate of drug-likeness (QED) is 0.621. The molecule has 1 aromatic carbocycles. The maximum absolute atomic E-state index is 12.6. The topological polar surface area (TPSA) is 124 Å². The number of rotatable bonds is 4. The number of hydrogen-bond acceptors (Lipinski definition) is 6. The molecule has 0 bridgehead atoms. The molecule has 0 radical (unpaired) electrons. The van der Waals surface area contributed by atoms with E-state index in [1.165, 1.54) is 6.07 Å². The van der Waals surface area contributed by atoms with Crippen molar-refractivity contribution in [3.05, 3.63) is 33.9 Å². The second-order valence-corrected chi connectivity index (χ2v) is 7.90. The summed E-state index contributed by atoms with van der Waals surface area (Å²) in [4.78, 5) is 24.3. The van der Waals surface area contributed by atoms with Gasteiger partial charge in [-0.05, 0) is 31.9 Å². The van der Waals surface area contributed by atoms with Crippen LogP contribution in [0.4, 0.5) is 5.69 Å². The normalized spacial score (nSPS) is 20.5. The summed E-state index contributed by atoms with van der Waals surface area (Å²) in [6.07, 6.45) is 1.71. The Bertz CT molecular complexity index is 753. The highest BCUT2D eigenvalue weighted by Gasteiger charge is 2.33. The van der Waals surface area contributed by atoms with Gasteiger partial charge in [-0.3, -0.25) is 14.9 Å². The molecule has 1 aliphatic rings. The van der Waals surface area contributed by atoms with E-state index < -0.39 is 26.4 Å². The molecule has 1 fully saturated rings. The first kappa shape index (κ1) is 20.3. The number of nitro groups is 1. The van der Waals surface area contributed by atoms with E-state index in [4.69, 9.17) is 5.73 Å². The van der Waals surface area contributed by atoms with Gasteiger partial charge in [0.25, 0.3) is 11.6 Å². The van der Waals surface area contributed by atoms with Crippen LogP contribution in [0.25, 0.3) is 0 Å². The number of hydrogen-bond donors (Lipinski definition) is 1. The van der Waals surface area contributed by atoms with Gasteiger partial charge in [0.15, 0.2) is 9.84 Å². The molecule has 0 aliphatic carbocycles. The van der Waals surface area contributed by atoms with Gasteiger partial charge in [0.05, 0.1) is 9.82 Å². The monoisotopic (exact) mass is 377 g/mol. The lowest BCUT2D eigenvalue weighted by molar-refractivity contribution is -0.385. The van der Waals surface area contributed by atoms with Crippen molar-refractivity contribution in [2.75, 3.05) is 19.3 Å². The number of benzene rings is 1. The number of nitrogens with two attached hydrogens (primary N) is 1. The summed E-state index contributed by atoms with van der Waals surface area (Å²) in [5, 5.41) is 11.0. The van der Waals surface area contributed by atoms with Crippen LogP contribution in [0.3, 0.4) is 0 Å². The van der Waals surface area contributed by atoms with Gasteiger partial charge in [0.2, 0.25) is 0 Å². The molecule has 8 nitrogen and oxygen atoms in total. The molecule has 0 aromatic heterocycles. The minimum Gasteiger partial charge on any atom is -0.336 e. The fourth-order valence-electron chi connectivity index (χ4n) is 2.79. The molecule has 2 unspecified atom stereocenters. The molecule has 134 valence electrons. The van der Waals surface area contributed by atoms with Gasteiger partial charge in [-0.2, -0.15) is 0 Å². The SMILES string of the molecule is CC1CC(CN)CN1C(=O)c1cc([N+](=O)[O-])cc(S(C)(=O)=O)c1.Cl. The van der Waals surface area contributed by atoms with Crippen LogP contribution in [-0.2, 0) is 9.84 Å². The molecule has 10 heteroatoms. The fraction of sp³-hybridized carbons (Fsp3) is 0.500. The molecule has 2 N–H and O–H groups in total. The number of non-ortho nitro benzene ring substituents is 1. The van der Waals surface area contributed by atoms with Crippen molar-refractivity contribution in [1.82, 2.24) is 4.90 Å². The Kier molecular flexibility index (Phi) is 6.32. The molecule has 1 aliphatic heterocycles. The van der Waals surface area contributed by atoms with Crippen molar-refractivity contribution in [3.8, 4) is 0 Å². The first-order valence-electron chi connectivity index (χ1n) is 7.14. The van der Waals surface area contributed by atoms with E-state index in [-0.39, 0.29) is 34.8 Å². The van der Waals surface area contributed by atoms with E-state index in [0.717, 1.165) is 24.8 Å². The first-order valence-corrected chi connectivity index (χ1v) is 9.03. The van der Waals surface area contributed by atoms with Crippen LogP contribution in [0.5, 0.6) is 0 Å². The Balaban J connectivity index is 0.00000288. The third-order valence-corrected chi connectivity index (χ3v) is 5.12. The first-order chi connectivity index (χ1) is 10.6. The van der Waals surface area contributed by atoms with Gasteiger partial charge in [0.1, 0.15) is 0 Å². The maximum atomic E-state index is 12.6. The van der Waals surface area contributed by atoms with Gasteiger partial charge in [-0.1, -0.05) is 0 Å². The fourth-order valence-corrected chi connectivity index (χ4v) is 3.46.